The summed E-state index contributed by atoms with van der Waals surface area (Å²) in [6.07, 6.45) is 4.67. The number of hydrogen-bond donors (Lipinski definition) is 2. The number of amides is 1. The lowest BCUT2D eigenvalue weighted by Crippen LogP contribution is -2.38. The number of rotatable bonds is 6. The summed E-state index contributed by atoms with van der Waals surface area (Å²) in [5.41, 5.74) is 0. The molecule has 5 heteroatoms. The van der Waals surface area contributed by atoms with E-state index in [4.69, 9.17) is 9.84 Å². The van der Waals surface area contributed by atoms with E-state index in [0.29, 0.717) is 5.92 Å². The van der Waals surface area contributed by atoms with Crippen LogP contribution in [0.5, 0.6) is 0 Å². The van der Waals surface area contributed by atoms with Gasteiger partial charge in [0.25, 0.3) is 0 Å². The molecule has 1 amide bonds. The van der Waals surface area contributed by atoms with Crippen LogP contribution < -0.4 is 5.32 Å². The van der Waals surface area contributed by atoms with Crippen molar-refractivity contribution >= 4 is 11.9 Å². The zero-order chi connectivity index (χ0) is 13.5. The zero-order valence-corrected chi connectivity index (χ0v) is 11.1. The van der Waals surface area contributed by atoms with Crippen LogP contribution in [-0.4, -0.2) is 35.7 Å². The van der Waals surface area contributed by atoms with Crippen LogP contribution >= 0.6 is 0 Å². The molecule has 3 atom stereocenters. The zero-order valence-electron chi connectivity index (χ0n) is 11.1. The van der Waals surface area contributed by atoms with Crippen molar-refractivity contribution in [1.29, 1.82) is 0 Å². The maximum absolute atomic E-state index is 11.6. The van der Waals surface area contributed by atoms with Crippen LogP contribution in [0.15, 0.2) is 0 Å². The molecule has 0 aromatic carbocycles. The van der Waals surface area contributed by atoms with Crippen molar-refractivity contribution in [2.75, 3.05) is 6.61 Å². The summed E-state index contributed by atoms with van der Waals surface area (Å²) in [7, 11) is 0. The molecule has 1 fully saturated rings. The first-order valence-electron chi connectivity index (χ1n) is 6.61. The Morgan fingerprint density at radius 1 is 1.39 bits per heavy atom. The van der Waals surface area contributed by atoms with Gasteiger partial charge < -0.3 is 15.2 Å². The SMILES string of the molecule is C[C@H](CC(=O)O)NC(=O)CO[C@H]1CCCC[C@@H]1C. The molecule has 0 aliphatic heterocycles. The van der Waals surface area contributed by atoms with E-state index in [1.54, 1.807) is 6.92 Å². The first kappa shape index (κ1) is 15.0. The maximum atomic E-state index is 11.6. The summed E-state index contributed by atoms with van der Waals surface area (Å²) >= 11 is 0. The molecule has 5 nitrogen and oxygen atoms in total. The van der Waals surface area contributed by atoms with Crippen molar-refractivity contribution < 1.29 is 19.4 Å². The van der Waals surface area contributed by atoms with Crippen LogP contribution in [0.25, 0.3) is 0 Å². The van der Waals surface area contributed by atoms with Gasteiger partial charge in [-0.15, -0.1) is 0 Å². The highest BCUT2D eigenvalue weighted by atomic mass is 16.5. The Kier molecular flexibility index (Phi) is 6.12. The van der Waals surface area contributed by atoms with E-state index < -0.39 is 5.97 Å². The van der Waals surface area contributed by atoms with Crippen molar-refractivity contribution in [1.82, 2.24) is 5.32 Å². The largest absolute Gasteiger partial charge is 0.481 e. The molecule has 0 heterocycles. The lowest BCUT2D eigenvalue weighted by Gasteiger charge is -2.28. The molecule has 2 N–H and O–H groups in total. The monoisotopic (exact) mass is 257 g/mol. The Balaban J connectivity index is 2.21. The first-order valence-corrected chi connectivity index (χ1v) is 6.61. The molecule has 1 rings (SSSR count). The fourth-order valence-corrected chi connectivity index (χ4v) is 2.34. The van der Waals surface area contributed by atoms with Gasteiger partial charge in [-0.25, -0.2) is 0 Å². The van der Waals surface area contributed by atoms with Gasteiger partial charge in [0.05, 0.1) is 12.5 Å². The highest BCUT2D eigenvalue weighted by Gasteiger charge is 2.22. The van der Waals surface area contributed by atoms with Crippen LogP contribution in [0.2, 0.25) is 0 Å². The summed E-state index contributed by atoms with van der Waals surface area (Å²) in [6, 6.07) is -0.359. The topological polar surface area (TPSA) is 75.6 Å². The minimum atomic E-state index is -0.912. The van der Waals surface area contributed by atoms with Gasteiger partial charge in [-0.05, 0) is 25.7 Å². The predicted octanol–water partition coefficient (Wildman–Crippen LogP) is 1.56. The molecule has 0 bridgehead atoms. The van der Waals surface area contributed by atoms with Gasteiger partial charge in [0, 0.05) is 6.04 Å². The lowest BCUT2D eigenvalue weighted by molar-refractivity contribution is -0.138. The third-order valence-corrected chi connectivity index (χ3v) is 3.35. The summed E-state index contributed by atoms with van der Waals surface area (Å²) in [6.45, 7) is 3.85. The van der Waals surface area contributed by atoms with Crippen LogP contribution in [0.3, 0.4) is 0 Å². The number of hydrogen-bond acceptors (Lipinski definition) is 3. The first-order chi connectivity index (χ1) is 8.49. The van der Waals surface area contributed by atoms with E-state index in [1.165, 1.54) is 6.42 Å². The van der Waals surface area contributed by atoms with Crippen molar-refractivity contribution in [2.45, 2.75) is 58.1 Å². The van der Waals surface area contributed by atoms with Crippen molar-refractivity contribution in [3.63, 3.8) is 0 Å². The third-order valence-electron chi connectivity index (χ3n) is 3.35. The number of carbonyl (C=O) groups excluding carboxylic acids is 1. The third kappa shape index (κ3) is 5.49. The van der Waals surface area contributed by atoms with Gasteiger partial charge in [0.15, 0.2) is 0 Å². The van der Waals surface area contributed by atoms with Gasteiger partial charge in [-0.3, -0.25) is 9.59 Å². The van der Waals surface area contributed by atoms with Gasteiger partial charge >= 0.3 is 5.97 Å². The van der Waals surface area contributed by atoms with Gasteiger partial charge in [0.2, 0.25) is 5.91 Å². The summed E-state index contributed by atoms with van der Waals surface area (Å²) in [5.74, 6) is -0.644. The van der Waals surface area contributed by atoms with Crippen molar-refractivity contribution in [3.8, 4) is 0 Å². The molecule has 0 aromatic rings. The quantitative estimate of drug-likeness (QED) is 0.757. The molecule has 1 saturated carbocycles. The average Bonchev–Trinajstić information content (AvgIpc) is 2.26. The van der Waals surface area contributed by atoms with E-state index in [1.807, 2.05) is 0 Å². The normalized spacial score (nSPS) is 25.4. The molecule has 1 aliphatic rings. The lowest BCUT2D eigenvalue weighted by atomic mass is 9.88. The Morgan fingerprint density at radius 2 is 2.06 bits per heavy atom. The highest BCUT2D eigenvalue weighted by molar-refractivity contribution is 5.78. The summed E-state index contributed by atoms with van der Waals surface area (Å²) in [5, 5.41) is 11.2. The van der Waals surface area contributed by atoms with Crippen LogP contribution in [-0.2, 0) is 14.3 Å². The Labute approximate surface area is 108 Å². The van der Waals surface area contributed by atoms with E-state index >= 15 is 0 Å². The molecule has 1 aliphatic carbocycles. The molecule has 0 spiro atoms. The van der Waals surface area contributed by atoms with Crippen LogP contribution in [0.1, 0.15) is 46.0 Å². The second-order valence-electron chi connectivity index (χ2n) is 5.18. The molecule has 0 saturated heterocycles. The number of carboxylic acid groups (broad SMARTS) is 1. The van der Waals surface area contributed by atoms with Gasteiger partial charge in [-0.1, -0.05) is 19.8 Å². The Morgan fingerprint density at radius 3 is 2.67 bits per heavy atom. The second kappa shape index (κ2) is 7.36. The van der Waals surface area contributed by atoms with Gasteiger partial charge in [0.1, 0.15) is 6.61 Å². The fraction of sp³-hybridized carbons (Fsp3) is 0.846. The molecular formula is C13H23NO4. The fourth-order valence-electron chi connectivity index (χ4n) is 2.34. The van der Waals surface area contributed by atoms with Gasteiger partial charge in [-0.2, -0.15) is 0 Å². The molecule has 0 unspecified atom stereocenters. The molecule has 0 radical (unpaired) electrons. The number of ether oxygens (including phenoxy) is 1. The summed E-state index contributed by atoms with van der Waals surface area (Å²) in [4.78, 5) is 22.0. The smallest absolute Gasteiger partial charge is 0.305 e. The molecular weight excluding hydrogens is 234 g/mol. The molecule has 104 valence electrons. The Bertz CT molecular complexity index is 293. The number of aliphatic carboxylic acids is 1. The highest BCUT2D eigenvalue weighted by Crippen LogP contribution is 2.25. The van der Waals surface area contributed by atoms with Crippen LogP contribution in [0.4, 0.5) is 0 Å². The molecule has 18 heavy (non-hydrogen) atoms. The second-order valence-corrected chi connectivity index (χ2v) is 5.18. The van der Waals surface area contributed by atoms with E-state index in [0.717, 1.165) is 19.3 Å². The minimum Gasteiger partial charge on any atom is -0.481 e. The predicted molar refractivity (Wildman–Crippen MR) is 67.2 cm³/mol. The number of carboxylic acids is 1. The Hall–Kier alpha value is -1.10. The number of carbonyl (C=O) groups is 2. The number of nitrogens with one attached hydrogen (secondary N) is 1. The van der Waals surface area contributed by atoms with Crippen LogP contribution in [0, 0.1) is 5.92 Å². The van der Waals surface area contributed by atoms with E-state index in [-0.39, 0.29) is 31.1 Å². The standard InChI is InChI=1S/C13H23NO4/c1-9-5-3-4-6-11(9)18-8-12(15)14-10(2)7-13(16)17/h9-11H,3-8H2,1-2H3,(H,14,15)(H,16,17)/t9-,10+,11-/m0/s1. The average molecular weight is 257 g/mol. The summed E-state index contributed by atoms with van der Waals surface area (Å²) < 4.78 is 5.60. The van der Waals surface area contributed by atoms with Crippen molar-refractivity contribution in [3.05, 3.63) is 0 Å². The minimum absolute atomic E-state index is 0.0268. The van der Waals surface area contributed by atoms with E-state index in [9.17, 15) is 9.59 Å². The van der Waals surface area contributed by atoms with Crippen molar-refractivity contribution in [2.24, 2.45) is 5.92 Å². The molecule has 0 aromatic heterocycles. The van der Waals surface area contributed by atoms with E-state index in [2.05, 4.69) is 12.2 Å². The maximum Gasteiger partial charge on any atom is 0.305 e.